The van der Waals surface area contributed by atoms with Crippen molar-refractivity contribution in [1.82, 2.24) is 15.1 Å². The zero-order valence-corrected chi connectivity index (χ0v) is 14.8. The number of carboxylic acid groups (broad SMARTS) is 1. The van der Waals surface area contributed by atoms with Crippen molar-refractivity contribution in [1.29, 1.82) is 0 Å². The first-order chi connectivity index (χ1) is 12.4. The normalized spacial score (nSPS) is 15.8. The number of benzene rings is 1. The number of aliphatic carboxylic acids is 1. The van der Waals surface area contributed by atoms with E-state index < -0.39 is 17.9 Å². The van der Waals surface area contributed by atoms with E-state index in [1.165, 1.54) is 12.1 Å². The van der Waals surface area contributed by atoms with Gasteiger partial charge in [0.25, 0.3) is 5.91 Å². The van der Waals surface area contributed by atoms with Crippen LogP contribution in [0.25, 0.3) is 5.69 Å². The fourth-order valence-electron chi connectivity index (χ4n) is 3.22. The maximum Gasteiger partial charge on any atom is 0.308 e. The van der Waals surface area contributed by atoms with Gasteiger partial charge in [-0.15, -0.1) is 0 Å². The number of carbonyl (C=O) groups is 2. The Labute approximate surface area is 151 Å². The number of nitrogens with one attached hydrogen (secondary N) is 1. The van der Waals surface area contributed by atoms with E-state index in [1.807, 2.05) is 0 Å². The Morgan fingerprint density at radius 1 is 1.27 bits per heavy atom. The third kappa shape index (κ3) is 3.47. The minimum Gasteiger partial charge on any atom is -0.481 e. The van der Waals surface area contributed by atoms with Crippen molar-refractivity contribution in [2.75, 3.05) is 0 Å². The van der Waals surface area contributed by atoms with Gasteiger partial charge in [0.1, 0.15) is 5.82 Å². The molecule has 1 heterocycles. The zero-order chi connectivity index (χ0) is 18.8. The molecule has 138 valence electrons. The summed E-state index contributed by atoms with van der Waals surface area (Å²) in [5.41, 5.74) is 2.67. The van der Waals surface area contributed by atoms with E-state index in [4.69, 9.17) is 5.11 Å². The molecule has 0 saturated heterocycles. The van der Waals surface area contributed by atoms with Crippen LogP contribution in [0.4, 0.5) is 4.39 Å². The number of halogens is 1. The van der Waals surface area contributed by atoms with Crippen LogP contribution in [0.5, 0.6) is 0 Å². The molecule has 2 atom stereocenters. The summed E-state index contributed by atoms with van der Waals surface area (Å²) in [7, 11) is 0. The molecule has 2 unspecified atom stereocenters. The van der Waals surface area contributed by atoms with Crippen LogP contribution in [0.3, 0.4) is 0 Å². The van der Waals surface area contributed by atoms with Gasteiger partial charge in [-0.25, -0.2) is 9.07 Å². The number of nitrogens with zero attached hydrogens (tertiary/aromatic N) is 2. The Balaban J connectivity index is 1.95. The van der Waals surface area contributed by atoms with Gasteiger partial charge < -0.3 is 10.4 Å². The molecule has 2 N–H and O–H groups in total. The maximum absolute atomic E-state index is 13.6. The summed E-state index contributed by atoms with van der Waals surface area (Å²) in [6, 6.07) is 5.58. The highest BCUT2D eigenvalue weighted by atomic mass is 19.1. The first-order valence-corrected chi connectivity index (χ1v) is 8.79. The van der Waals surface area contributed by atoms with E-state index in [1.54, 1.807) is 30.7 Å². The minimum atomic E-state index is -0.967. The van der Waals surface area contributed by atoms with Gasteiger partial charge in [-0.3, -0.25) is 9.59 Å². The Hall–Kier alpha value is -2.70. The molecule has 3 rings (SSSR count). The Morgan fingerprint density at radius 3 is 2.69 bits per heavy atom. The minimum absolute atomic E-state index is 0.299. The van der Waals surface area contributed by atoms with Gasteiger partial charge in [-0.2, -0.15) is 5.10 Å². The average molecular weight is 359 g/mol. The van der Waals surface area contributed by atoms with E-state index in [9.17, 15) is 14.0 Å². The topological polar surface area (TPSA) is 84.2 Å². The van der Waals surface area contributed by atoms with Crippen molar-refractivity contribution in [3.05, 3.63) is 47.0 Å². The van der Waals surface area contributed by atoms with E-state index in [2.05, 4.69) is 10.4 Å². The van der Waals surface area contributed by atoms with Crippen LogP contribution in [0.2, 0.25) is 0 Å². The second kappa shape index (κ2) is 7.27. The molecule has 1 aliphatic carbocycles. The molecular formula is C19H22FN3O3. The highest BCUT2D eigenvalue weighted by Gasteiger charge is 2.28. The Bertz CT molecular complexity index is 847. The lowest BCUT2D eigenvalue weighted by molar-refractivity contribution is -0.141. The molecule has 0 radical (unpaired) electrons. The predicted octanol–water partition coefficient (Wildman–Crippen LogP) is 2.73. The number of rotatable bonds is 5. The molecule has 7 heteroatoms. The molecule has 0 spiro atoms. The number of hydrogen-bond acceptors (Lipinski definition) is 3. The molecule has 0 saturated carbocycles. The molecule has 1 aliphatic rings. The van der Waals surface area contributed by atoms with Gasteiger partial charge in [-0.1, -0.05) is 6.07 Å². The van der Waals surface area contributed by atoms with Gasteiger partial charge >= 0.3 is 5.97 Å². The number of carbonyl (C=O) groups excluding carboxylic acids is 1. The monoisotopic (exact) mass is 359 g/mol. The molecule has 1 aromatic carbocycles. The number of fused-ring (bicyclic) bond motifs is 1. The molecule has 1 aromatic heterocycles. The summed E-state index contributed by atoms with van der Waals surface area (Å²) in [6.07, 6.45) is 3.45. The average Bonchev–Trinajstić information content (AvgIpc) is 3.00. The quantitative estimate of drug-likeness (QED) is 0.860. The Kier molecular flexibility index (Phi) is 5.06. The lowest BCUT2D eigenvalue weighted by Crippen LogP contribution is -2.40. The van der Waals surface area contributed by atoms with Gasteiger partial charge in [0.15, 0.2) is 5.69 Å². The van der Waals surface area contributed by atoms with E-state index in [0.717, 1.165) is 36.9 Å². The smallest absolute Gasteiger partial charge is 0.308 e. The van der Waals surface area contributed by atoms with Gasteiger partial charge in [0.05, 0.1) is 11.6 Å². The third-order valence-electron chi connectivity index (χ3n) is 4.95. The third-order valence-corrected chi connectivity index (χ3v) is 4.95. The van der Waals surface area contributed by atoms with Gasteiger partial charge in [0, 0.05) is 17.3 Å². The van der Waals surface area contributed by atoms with Crippen molar-refractivity contribution in [2.24, 2.45) is 5.92 Å². The van der Waals surface area contributed by atoms with E-state index >= 15 is 0 Å². The fraction of sp³-hybridized carbons (Fsp3) is 0.421. The van der Waals surface area contributed by atoms with Crippen LogP contribution in [-0.4, -0.2) is 32.8 Å². The van der Waals surface area contributed by atoms with Gasteiger partial charge in [0.2, 0.25) is 0 Å². The van der Waals surface area contributed by atoms with Crippen molar-refractivity contribution < 1.29 is 19.1 Å². The largest absolute Gasteiger partial charge is 0.481 e. The lowest BCUT2D eigenvalue weighted by atomic mass is 9.95. The second-order valence-electron chi connectivity index (χ2n) is 6.76. The second-order valence-corrected chi connectivity index (χ2v) is 6.76. The highest BCUT2D eigenvalue weighted by Crippen LogP contribution is 2.27. The molecule has 6 nitrogen and oxygen atoms in total. The predicted molar refractivity (Wildman–Crippen MR) is 93.9 cm³/mol. The van der Waals surface area contributed by atoms with Crippen LogP contribution >= 0.6 is 0 Å². The maximum atomic E-state index is 13.6. The Morgan fingerprint density at radius 2 is 2.00 bits per heavy atom. The summed E-state index contributed by atoms with van der Waals surface area (Å²) in [4.78, 5) is 23.8. The van der Waals surface area contributed by atoms with E-state index in [0.29, 0.717) is 11.4 Å². The van der Waals surface area contributed by atoms with Crippen LogP contribution in [0, 0.1) is 11.7 Å². The molecule has 1 amide bonds. The van der Waals surface area contributed by atoms with Crippen LogP contribution in [0.1, 0.15) is 48.4 Å². The van der Waals surface area contributed by atoms with Crippen LogP contribution in [0.15, 0.2) is 24.3 Å². The number of aromatic nitrogens is 2. The number of carboxylic acids is 1. The summed E-state index contributed by atoms with van der Waals surface area (Å²) < 4.78 is 15.2. The summed E-state index contributed by atoms with van der Waals surface area (Å²) in [5.74, 6) is -2.43. The molecule has 2 aromatic rings. The summed E-state index contributed by atoms with van der Waals surface area (Å²) in [5, 5.41) is 16.3. The van der Waals surface area contributed by atoms with Crippen molar-refractivity contribution in [3.8, 4) is 5.69 Å². The molecular weight excluding hydrogens is 337 g/mol. The van der Waals surface area contributed by atoms with E-state index in [-0.39, 0.29) is 11.7 Å². The summed E-state index contributed by atoms with van der Waals surface area (Å²) >= 11 is 0. The van der Waals surface area contributed by atoms with Crippen LogP contribution in [-0.2, 0) is 17.6 Å². The van der Waals surface area contributed by atoms with Crippen LogP contribution < -0.4 is 5.32 Å². The highest BCUT2D eigenvalue weighted by molar-refractivity contribution is 5.94. The number of hydrogen-bond donors (Lipinski definition) is 2. The standard InChI is InChI=1S/C19H22FN3O3/c1-11(19(25)26)12(2)21-18(24)17-15-8-3-4-9-16(15)23(22-17)14-7-5-6-13(20)10-14/h5-7,10-12H,3-4,8-9H2,1-2H3,(H,21,24)(H,25,26). The first-order valence-electron chi connectivity index (χ1n) is 8.79. The summed E-state index contributed by atoms with van der Waals surface area (Å²) in [6.45, 7) is 3.21. The molecule has 0 fully saturated rings. The van der Waals surface area contributed by atoms with Gasteiger partial charge in [-0.05, 0) is 57.7 Å². The number of amides is 1. The zero-order valence-electron chi connectivity index (χ0n) is 14.8. The molecule has 0 aliphatic heterocycles. The SMILES string of the molecule is CC(NC(=O)c1nn(-c2cccc(F)c2)c2c1CCCC2)C(C)C(=O)O. The van der Waals surface area contributed by atoms with Crippen molar-refractivity contribution in [2.45, 2.75) is 45.6 Å². The first kappa shape index (κ1) is 18.1. The molecule has 0 bridgehead atoms. The molecule has 26 heavy (non-hydrogen) atoms. The van der Waals surface area contributed by atoms with Crippen molar-refractivity contribution >= 4 is 11.9 Å². The van der Waals surface area contributed by atoms with Crippen molar-refractivity contribution in [3.63, 3.8) is 0 Å². The lowest BCUT2D eigenvalue weighted by Gasteiger charge is -2.18. The fourth-order valence-corrected chi connectivity index (χ4v) is 3.22.